The molecule has 96 valence electrons. The molecule has 2 aliphatic rings. The number of ether oxygens (including phenoxy) is 2. The zero-order chi connectivity index (χ0) is 12.7. The predicted octanol–water partition coefficient (Wildman–Crippen LogP) is 2.98. The quantitative estimate of drug-likeness (QED) is 0.821. The lowest BCUT2D eigenvalue weighted by Gasteiger charge is -2.19. The van der Waals surface area contributed by atoms with Gasteiger partial charge in [0.25, 0.3) is 0 Å². The number of fused-ring (bicyclic) bond motifs is 2. The van der Waals surface area contributed by atoms with Gasteiger partial charge < -0.3 is 14.4 Å². The average molecular weight is 253 g/mol. The first kappa shape index (κ1) is 10.7. The van der Waals surface area contributed by atoms with Crippen LogP contribution in [-0.4, -0.2) is 13.3 Å². The molecule has 0 saturated heterocycles. The summed E-state index contributed by atoms with van der Waals surface area (Å²) in [5.74, 6) is 1.72. The largest absolute Gasteiger partial charge is 0.454 e. The van der Waals surface area contributed by atoms with Gasteiger partial charge in [-0.1, -0.05) is 24.3 Å². The molecule has 0 atom stereocenters. The van der Waals surface area contributed by atoms with Gasteiger partial charge in [-0.15, -0.1) is 0 Å². The second kappa shape index (κ2) is 4.19. The van der Waals surface area contributed by atoms with E-state index in [-0.39, 0.29) is 0 Å². The van der Waals surface area contributed by atoms with E-state index in [1.54, 1.807) is 0 Å². The number of nitrogens with zero attached hydrogens (tertiary/aromatic N) is 1. The first-order chi connectivity index (χ1) is 9.40. The lowest BCUT2D eigenvalue weighted by atomic mass is 10.1. The second-order valence-corrected chi connectivity index (χ2v) is 4.99. The Morgan fingerprint density at radius 2 is 1.89 bits per heavy atom. The molecule has 0 fully saturated rings. The molecule has 2 aromatic carbocycles. The summed E-state index contributed by atoms with van der Waals surface area (Å²) >= 11 is 0. The molecule has 0 radical (unpaired) electrons. The zero-order valence-electron chi connectivity index (χ0n) is 10.6. The molecule has 0 amide bonds. The Bertz CT molecular complexity index is 624. The van der Waals surface area contributed by atoms with Gasteiger partial charge in [0.05, 0.1) is 0 Å². The molecule has 2 aromatic rings. The first-order valence-corrected chi connectivity index (χ1v) is 6.61. The third-order valence-corrected chi connectivity index (χ3v) is 3.79. The summed E-state index contributed by atoms with van der Waals surface area (Å²) in [7, 11) is 0. The Morgan fingerprint density at radius 3 is 2.89 bits per heavy atom. The highest BCUT2D eigenvalue weighted by Gasteiger charge is 2.19. The number of rotatable bonds is 2. The van der Waals surface area contributed by atoms with Crippen molar-refractivity contribution in [3.63, 3.8) is 0 Å². The summed E-state index contributed by atoms with van der Waals surface area (Å²) in [6, 6.07) is 14.8. The predicted molar refractivity (Wildman–Crippen MR) is 73.8 cm³/mol. The molecule has 0 bridgehead atoms. The van der Waals surface area contributed by atoms with Gasteiger partial charge >= 0.3 is 0 Å². The van der Waals surface area contributed by atoms with E-state index in [0.29, 0.717) is 6.79 Å². The minimum Gasteiger partial charge on any atom is -0.454 e. The maximum atomic E-state index is 5.43. The Morgan fingerprint density at radius 1 is 1.00 bits per heavy atom. The van der Waals surface area contributed by atoms with Gasteiger partial charge in [0.2, 0.25) is 6.79 Å². The Labute approximate surface area is 112 Å². The van der Waals surface area contributed by atoms with Gasteiger partial charge in [0.1, 0.15) is 0 Å². The number of hydrogen-bond donors (Lipinski definition) is 0. The summed E-state index contributed by atoms with van der Waals surface area (Å²) in [6.45, 7) is 2.35. The van der Waals surface area contributed by atoms with Crippen molar-refractivity contribution in [1.82, 2.24) is 0 Å². The lowest BCUT2D eigenvalue weighted by molar-refractivity contribution is 0.174. The number of anilines is 1. The van der Waals surface area contributed by atoms with Crippen molar-refractivity contribution in [2.24, 2.45) is 0 Å². The zero-order valence-corrected chi connectivity index (χ0v) is 10.6. The number of benzene rings is 2. The third kappa shape index (κ3) is 1.82. The standard InChI is InChI=1S/C16H15NO2/c1-2-4-14-13(3-1)7-8-17(14)10-12-5-6-15-16(9-12)19-11-18-15/h1-6,9H,7-8,10-11H2. The van der Waals surface area contributed by atoms with E-state index in [1.165, 1.54) is 16.8 Å². The molecule has 3 nitrogen and oxygen atoms in total. The van der Waals surface area contributed by atoms with Gasteiger partial charge in [-0.25, -0.2) is 0 Å². The van der Waals surface area contributed by atoms with Crippen molar-refractivity contribution < 1.29 is 9.47 Å². The maximum Gasteiger partial charge on any atom is 0.231 e. The SMILES string of the molecule is c1ccc2c(c1)CCN2Cc1ccc2c(c1)OCO2. The van der Waals surface area contributed by atoms with E-state index in [4.69, 9.17) is 9.47 Å². The molecule has 3 heteroatoms. The van der Waals surface area contributed by atoms with Gasteiger partial charge in [-0.2, -0.15) is 0 Å². The van der Waals surface area contributed by atoms with Crippen molar-refractivity contribution in [2.45, 2.75) is 13.0 Å². The smallest absolute Gasteiger partial charge is 0.231 e. The molecule has 2 aliphatic heterocycles. The van der Waals surface area contributed by atoms with Gasteiger partial charge in [0, 0.05) is 18.8 Å². The lowest BCUT2D eigenvalue weighted by Crippen LogP contribution is -2.19. The molecule has 19 heavy (non-hydrogen) atoms. The molecule has 2 heterocycles. The maximum absolute atomic E-state index is 5.43. The minimum atomic E-state index is 0.339. The van der Waals surface area contributed by atoms with Crippen LogP contribution in [0.2, 0.25) is 0 Å². The van der Waals surface area contributed by atoms with E-state index >= 15 is 0 Å². The van der Waals surface area contributed by atoms with E-state index in [9.17, 15) is 0 Å². The Hall–Kier alpha value is -2.16. The van der Waals surface area contributed by atoms with Crippen LogP contribution in [0.5, 0.6) is 11.5 Å². The number of para-hydroxylation sites is 1. The summed E-state index contributed by atoms with van der Waals surface area (Å²) in [4.78, 5) is 2.42. The van der Waals surface area contributed by atoms with Crippen LogP contribution >= 0.6 is 0 Å². The molecular weight excluding hydrogens is 238 g/mol. The van der Waals surface area contributed by atoms with Crippen molar-refractivity contribution >= 4 is 5.69 Å². The minimum absolute atomic E-state index is 0.339. The van der Waals surface area contributed by atoms with E-state index < -0.39 is 0 Å². The first-order valence-electron chi connectivity index (χ1n) is 6.61. The van der Waals surface area contributed by atoms with Crippen LogP contribution in [0.4, 0.5) is 5.69 Å². The molecule has 4 rings (SSSR count). The topological polar surface area (TPSA) is 21.7 Å². The Kier molecular flexibility index (Phi) is 2.37. The van der Waals surface area contributed by atoms with Crippen LogP contribution in [-0.2, 0) is 13.0 Å². The summed E-state index contributed by atoms with van der Waals surface area (Å²) in [6.07, 6.45) is 1.14. The van der Waals surface area contributed by atoms with Gasteiger partial charge in [-0.3, -0.25) is 0 Å². The fourth-order valence-corrected chi connectivity index (χ4v) is 2.83. The fourth-order valence-electron chi connectivity index (χ4n) is 2.83. The molecule has 0 saturated carbocycles. The Balaban J connectivity index is 1.60. The van der Waals surface area contributed by atoms with Crippen LogP contribution in [0, 0.1) is 0 Å². The average Bonchev–Trinajstić information content (AvgIpc) is 3.06. The summed E-state index contributed by atoms with van der Waals surface area (Å²) in [5.41, 5.74) is 4.07. The van der Waals surface area contributed by atoms with Crippen molar-refractivity contribution in [2.75, 3.05) is 18.2 Å². The highest BCUT2D eigenvalue weighted by atomic mass is 16.7. The van der Waals surface area contributed by atoms with Gasteiger partial charge in [0.15, 0.2) is 11.5 Å². The molecule has 0 unspecified atom stereocenters. The van der Waals surface area contributed by atoms with Crippen LogP contribution in [0.1, 0.15) is 11.1 Å². The number of hydrogen-bond acceptors (Lipinski definition) is 3. The fraction of sp³-hybridized carbons (Fsp3) is 0.250. The van der Waals surface area contributed by atoms with Crippen LogP contribution in [0.3, 0.4) is 0 Å². The van der Waals surface area contributed by atoms with Crippen LogP contribution < -0.4 is 14.4 Å². The van der Waals surface area contributed by atoms with E-state index in [1.807, 2.05) is 6.07 Å². The molecule has 0 N–H and O–H groups in total. The van der Waals surface area contributed by atoms with Crippen molar-refractivity contribution in [3.05, 3.63) is 53.6 Å². The van der Waals surface area contributed by atoms with Crippen molar-refractivity contribution in [3.8, 4) is 11.5 Å². The summed E-state index contributed by atoms with van der Waals surface area (Å²) in [5, 5.41) is 0. The molecule has 0 spiro atoms. The summed E-state index contributed by atoms with van der Waals surface area (Å²) < 4.78 is 10.8. The molecule has 0 aliphatic carbocycles. The van der Waals surface area contributed by atoms with E-state index in [0.717, 1.165) is 31.0 Å². The van der Waals surface area contributed by atoms with Crippen LogP contribution in [0.15, 0.2) is 42.5 Å². The molecular formula is C16H15NO2. The highest BCUT2D eigenvalue weighted by Crippen LogP contribution is 2.34. The van der Waals surface area contributed by atoms with Gasteiger partial charge in [-0.05, 0) is 35.7 Å². The molecule has 0 aromatic heterocycles. The third-order valence-electron chi connectivity index (χ3n) is 3.79. The van der Waals surface area contributed by atoms with Crippen molar-refractivity contribution in [1.29, 1.82) is 0 Å². The van der Waals surface area contributed by atoms with E-state index in [2.05, 4.69) is 41.3 Å². The monoisotopic (exact) mass is 253 g/mol. The highest BCUT2D eigenvalue weighted by molar-refractivity contribution is 5.58. The van der Waals surface area contributed by atoms with Crippen LogP contribution in [0.25, 0.3) is 0 Å². The second-order valence-electron chi connectivity index (χ2n) is 4.99. The normalized spacial score (nSPS) is 15.7.